The minimum atomic E-state index is -4.66. The van der Waals surface area contributed by atoms with E-state index >= 15 is 0 Å². The van der Waals surface area contributed by atoms with Gasteiger partial charge in [-0.1, -0.05) is 17.7 Å². The molecule has 1 rings (SSSR count). The molecule has 0 aromatic heterocycles. The number of carbonyl (C=O) groups is 1. The van der Waals surface area contributed by atoms with E-state index in [4.69, 9.17) is 17.4 Å². The zero-order valence-corrected chi connectivity index (χ0v) is 8.49. The quantitative estimate of drug-likeness (QED) is 0.409. The number of nitrogens with one attached hydrogen (secondary N) is 2. The second-order valence-corrected chi connectivity index (χ2v) is 3.17. The summed E-state index contributed by atoms with van der Waals surface area (Å²) in [6.07, 6.45) is -4.66. The maximum Gasteiger partial charge on any atom is 0.419 e. The van der Waals surface area contributed by atoms with Crippen LogP contribution >= 0.6 is 11.6 Å². The number of hydrogen-bond donors (Lipinski definition) is 3. The Hall–Kier alpha value is -1.47. The van der Waals surface area contributed by atoms with Gasteiger partial charge in [-0.15, -0.1) is 0 Å². The molecule has 0 fully saturated rings. The number of carbonyl (C=O) groups excluding carboxylic acids is 1. The Labute approximate surface area is 93.5 Å². The second-order valence-electron chi connectivity index (χ2n) is 2.76. The van der Waals surface area contributed by atoms with Crippen LogP contribution in [0, 0.1) is 0 Å². The van der Waals surface area contributed by atoms with E-state index in [-0.39, 0.29) is 0 Å². The zero-order chi connectivity index (χ0) is 12.3. The molecule has 4 N–H and O–H groups in total. The predicted octanol–water partition coefficient (Wildman–Crippen LogP) is 2.35. The summed E-state index contributed by atoms with van der Waals surface area (Å²) in [7, 11) is 0. The van der Waals surface area contributed by atoms with E-state index in [2.05, 4.69) is 0 Å². The maximum absolute atomic E-state index is 12.6. The number of rotatable bonds is 1. The molecule has 88 valence electrons. The molecular formula is C8H7ClF3N3O. The summed E-state index contributed by atoms with van der Waals surface area (Å²) < 4.78 is 37.7. The molecule has 0 unspecified atom stereocenters. The highest BCUT2D eigenvalue weighted by Crippen LogP contribution is 2.39. The van der Waals surface area contributed by atoms with Crippen molar-refractivity contribution in [3.8, 4) is 0 Å². The molecule has 1 aromatic rings. The van der Waals surface area contributed by atoms with Crippen LogP contribution in [-0.2, 0) is 6.18 Å². The van der Waals surface area contributed by atoms with Crippen molar-refractivity contribution in [3.05, 3.63) is 28.8 Å². The van der Waals surface area contributed by atoms with Crippen molar-refractivity contribution >= 4 is 23.3 Å². The third kappa shape index (κ3) is 2.77. The number of amides is 2. The topological polar surface area (TPSA) is 67.1 Å². The van der Waals surface area contributed by atoms with E-state index in [1.807, 2.05) is 5.32 Å². The molecule has 8 heteroatoms. The fraction of sp³-hybridized carbons (Fsp3) is 0.125. The summed E-state index contributed by atoms with van der Waals surface area (Å²) in [6.45, 7) is 0. The average molecular weight is 254 g/mol. The van der Waals surface area contributed by atoms with E-state index < -0.39 is 28.5 Å². The van der Waals surface area contributed by atoms with Crippen LogP contribution in [0.1, 0.15) is 5.56 Å². The summed E-state index contributed by atoms with van der Waals surface area (Å²) in [4.78, 5) is 10.8. The Kier molecular flexibility index (Phi) is 3.61. The van der Waals surface area contributed by atoms with Crippen molar-refractivity contribution in [2.75, 3.05) is 5.32 Å². The first-order chi connectivity index (χ1) is 7.36. The molecule has 0 radical (unpaired) electrons. The molecule has 0 atom stereocenters. The van der Waals surface area contributed by atoms with E-state index in [0.29, 0.717) is 0 Å². The summed E-state index contributed by atoms with van der Waals surface area (Å²) in [6, 6.07) is 2.47. The first kappa shape index (κ1) is 12.6. The van der Waals surface area contributed by atoms with Gasteiger partial charge in [0.2, 0.25) is 0 Å². The Balaban J connectivity index is 3.18. The first-order valence-electron chi connectivity index (χ1n) is 3.99. The molecule has 0 bridgehead atoms. The highest BCUT2D eigenvalue weighted by Gasteiger charge is 2.36. The number of hydrogen-bond acceptors (Lipinski definition) is 2. The van der Waals surface area contributed by atoms with Gasteiger partial charge in [-0.25, -0.2) is 10.6 Å². The lowest BCUT2D eigenvalue weighted by Crippen LogP contribution is -2.35. The van der Waals surface area contributed by atoms with E-state index in [0.717, 1.165) is 12.1 Å². The van der Waals surface area contributed by atoms with Crippen molar-refractivity contribution in [2.45, 2.75) is 6.18 Å². The van der Waals surface area contributed by atoms with Crippen LogP contribution in [0.2, 0.25) is 5.02 Å². The third-order valence-electron chi connectivity index (χ3n) is 1.68. The summed E-state index contributed by atoms with van der Waals surface area (Å²) >= 11 is 5.42. The summed E-state index contributed by atoms with van der Waals surface area (Å²) in [5, 5.41) is 1.43. The van der Waals surface area contributed by atoms with E-state index in [1.165, 1.54) is 6.07 Å². The first-order valence-corrected chi connectivity index (χ1v) is 4.37. The van der Waals surface area contributed by atoms with Gasteiger partial charge in [0.1, 0.15) is 0 Å². The largest absolute Gasteiger partial charge is 0.419 e. The van der Waals surface area contributed by atoms with E-state index in [1.54, 1.807) is 5.43 Å². The Bertz CT molecular complexity index is 408. The zero-order valence-electron chi connectivity index (χ0n) is 7.73. The minimum absolute atomic E-state index is 0.456. The number of urea groups is 1. The molecule has 2 amide bonds. The molecule has 0 spiro atoms. The standard InChI is InChI=1S/C8H7ClF3N3O/c9-4-2-1-3-5(14-7(16)15-13)6(4)8(10,11)12/h1-3H,13H2,(H2,14,15,16). The fourth-order valence-electron chi connectivity index (χ4n) is 1.07. The fourth-order valence-corrected chi connectivity index (χ4v) is 1.36. The van der Waals surface area contributed by atoms with Gasteiger partial charge in [0.15, 0.2) is 0 Å². The van der Waals surface area contributed by atoms with Crippen molar-refractivity contribution in [2.24, 2.45) is 5.84 Å². The number of alkyl halides is 3. The van der Waals surface area contributed by atoms with Crippen molar-refractivity contribution in [1.29, 1.82) is 0 Å². The Morgan fingerprint density at radius 1 is 1.38 bits per heavy atom. The second kappa shape index (κ2) is 4.58. The van der Waals surface area contributed by atoms with Gasteiger partial charge in [0.25, 0.3) is 0 Å². The average Bonchev–Trinajstić information content (AvgIpc) is 2.15. The molecular weight excluding hydrogens is 247 g/mol. The number of halogens is 4. The number of hydrazine groups is 1. The Morgan fingerprint density at radius 2 is 2.00 bits per heavy atom. The van der Waals surface area contributed by atoms with Crippen LogP contribution in [0.4, 0.5) is 23.7 Å². The SMILES string of the molecule is NNC(=O)Nc1cccc(Cl)c1C(F)(F)F. The predicted molar refractivity (Wildman–Crippen MR) is 52.8 cm³/mol. The lowest BCUT2D eigenvalue weighted by atomic mass is 10.1. The van der Waals surface area contributed by atoms with Gasteiger partial charge in [-0.3, -0.25) is 5.43 Å². The van der Waals surface area contributed by atoms with Crippen LogP contribution in [-0.4, -0.2) is 6.03 Å². The summed E-state index contributed by atoms with van der Waals surface area (Å²) in [5.74, 6) is 4.74. The monoisotopic (exact) mass is 253 g/mol. The lowest BCUT2D eigenvalue weighted by molar-refractivity contribution is -0.136. The highest BCUT2D eigenvalue weighted by atomic mass is 35.5. The van der Waals surface area contributed by atoms with Crippen LogP contribution in [0.5, 0.6) is 0 Å². The maximum atomic E-state index is 12.6. The summed E-state index contributed by atoms with van der Waals surface area (Å²) in [5.41, 5.74) is 0.0846. The number of nitrogens with two attached hydrogens (primary N) is 1. The van der Waals surface area contributed by atoms with Gasteiger partial charge in [0.05, 0.1) is 16.3 Å². The van der Waals surface area contributed by atoms with Crippen LogP contribution in [0.15, 0.2) is 18.2 Å². The van der Waals surface area contributed by atoms with Gasteiger partial charge in [-0.2, -0.15) is 13.2 Å². The highest BCUT2D eigenvalue weighted by molar-refractivity contribution is 6.32. The van der Waals surface area contributed by atoms with Crippen molar-refractivity contribution < 1.29 is 18.0 Å². The molecule has 4 nitrogen and oxygen atoms in total. The van der Waals surface area contributed by atoms with Gasteiger partial charge < -0.3 is 5.32 Å². The Morgan fingerprint density at radius 3 is 2.50 bits per heavy atom. The van der Waals surface area contributed by atoms with Crippen molar-refractivity contribution in [3.63, 3.8) is 0 Å². The van der Waals surface area contributed by atoms with Gasteiger partial charge in [-0.05, 0) is 12.1 Å². The third-order valence-corrected chi connectivity index (χ3v) is 1.99. The van der Waals surface area contributed by atoms with E-state index in [9.17, 15) is 18.0 Å². The minimum Gasteiger partial charge on any atom is -0.306 e. The van der Waals surface area contributed by atoms with Gasteiger partial charge in [0, 0.05) is 0 Å². The number of benzene rings is 1. The molecule has 0 saturated heterocycles. The molecule has 0 heterocycles. The van der Waals surface area contributed by atoms with Crippen LogP contribution < -0.4 is 16.6 Å². The van der Waals surface area contributed by atoms with Crippen LogP contribution in [0.25, 0.3) is 0 Å². The molecule has 0 aliphatic heterocycles. The lowest BCUT2D eigenvalue weighted by Gasteiger charge is -2.14. The molecule has 0 aliphatic rings. The molecule has 0 saturated carbocycles. The smallest absolute Gasteiger partial charge is 0.306 e. The molecule has 0 aliphatic carbocycles. The van der Waals surface area contributed by atoms with Crippen LogP contribution in [0.3, 0.4) is 0 Å². The number of anilines is 1. The van der Waals surface area contributed by atoms with Gasteiger partial charge >= 0.3 is 12.2 Å². The van der Waals surface area contributed by atoms with Crippen molar-refractivity contribution in [1.82, 2.24) is 5.43 Å². The molecule has 16 heavy (non-hydrogen) atoms. The normalized spacial score (nSPS) is 11.1. The molecule has 1 aromatic carbocycles.